The van der Waals surface area contributed by atoms with Crippen LogP contribution in [-0.4, -0.2) is 18.6 Å². The second-order valence-electron chi connectivity index (χ2n) is 4.05. The summed E-state index contributed by atoms with van der Waals surface area (Å²) in [4.78, 5) is 11.4. The lowest BCUT2D eigenvalue weighted by molar-refractivity contribution is -0.152. The van der Waals surface area contributed by atoms with E-state index in [1.165, 1.54) is 0 Å². The molecule has 1 unspecified atom stereocenters. The lowest BCUT2D eigenvalue weighted by Gasteiger charge is -2.17. The van der Waals surface area contributed by atoms with Crippen LogP contribution in [0.15, 0.2) is 0 Å². The smallest absolute Gasteiger partial charge is 0.310 e. The van der Waals surface area contributed by atoms with E-state index in [4.69, 9.17) is 10.5 Å². The molecule has 0 spiro atoms. The molecular formula is C10H21NO2. The Morgan fingerprint density at radius 3 is 2.15 bits per heavy atom. The molecule has 0 aromatic carbocycles. The highest BCUT2D eigenvalue weighted by Gasteiger charge is 2.20. The Kier molecular flexibility index (Phi) is 5.71. The number of carbonyl (C=O) groups is 1. The quantitative estimate of drug-likeness (QED) is 0.664. The molecular weight excluding hydrogens is 166 g/mol. The second kappa shape index (κ2) is 5.97. The maximum Gasteiger partial charge on any atom is 0.310 e. The minimum absolute atomic E-state index is 0.0475. The molecule has 2 N–H and O–H groups in total. The average molecular weight is 187 g/mol. The van der Waals surface area contributed by atoms with Crippen LogP contribution in [0.1, 0.15) is 34.1 Å². The summed E-state index contributed by atoms with van der Waals surface area (Å²) < 4.78 is 5.09. The molecule has 3 heteroatoms. The van der Waals surface area contributed by atoms with Crippen LogP contribution in [0.5, 0.6) is 0 Å². The highest BCUT2D eigenvalue weighted by Crippen LogP contribution is 2.12. The van der Waals surface area contributed by atoms with Crippen molar-refractivity contribution in [2.75, 3.05) is 6.54 Å². The molecule has 0 aromatic heterocycles. The monoisotopic (exact) mass is 187 g/mol. The first kappa shape index (κ1) is 12.4. The van der Waals surface area contributed by atoms with Crippen molar-refractivity contribution in [3.05, 3.63) is 0 Å². The van der Waals surface area contributed by atoms with Crippen molar-refractivity contribution >= 4 is 5.97 Å². The van der Waals surface area contributed by atoms with Gasteiger partial charge >= 0.3 is 5.97 Å². The van der Waals surface area contributed by atoms with E-state index in [1.54, 1.807) is 0 Å². The summed E-state index contributed by atoms with van der Waals surface area (Å²) in [6, 6.07) is 0. The van der Waals surface area contributed by atoms with Gasteiger partial charge in [0.15, 0.2) is 0 Å². The summed E-state index contributed by atoms with van der Waals surface area (Å²) in [6.07, 6.45) is 0.760. The highest BCUT2D eigenvalue weighted by molar-refractivity contribution is 5.72. The zero-order chi connectivity index (χ0) is 10.4. The first-order valence-corrected chi connectivity index (χ1v) is 4.88. The molecule has 0 saturated carbocycles. The zero-order valence-corrected chi connectivity index (χ0v) is 9.04. The van der Waals surface area contributed by atoms with E-state index in [0.717, 1.165) is 6.42 Å². The van der Waals surface area contributed by atoms with Gasteiger partial charge in [-0.3, -0.25) is 4.79 Å². The Bertz CT molecular complexity index is 155. The molecule has 0 aliphatic heterocycles. The Morgan fingerprint density at radius 1 is 1.31 bits per heavy atom. The lowest BCUT2D eigenvalue weighted by atomic mass is 9.97. The van der Waals surface area contributed by atoms with Crippen molar-refractivity contribution in [1.29, 1.82) is 0 Å². The number of hydrogen-bond donors (Lipinski definition) is 1. The Balaban J connectivity index is 3.99. The molecule has 3 nitrogen and oxygen atoms in total. The van der Waals surface area contributed by atoms with Gasteiger partial charge in [0, 0.05) is 6.54 Å². The average Bonchev–Trinajstić information content (AvgIpc) is 1.98. The first-order chi connectivity index (χ1) is 5.97. The third-order valence-electron chi connectivity index (χ3n) is 1.73. The van der Waals surface area contributed by atoms with Crippen LogP contribution >= 0.6 is 0 Å². The molecule has 0 aliphatic rings. The van der Waals surface area contributed by atoms with Crippen LogP contribution in [0, 0.1) is 11.8 Å². The van der Waals surface area contributed by atoms with Crippen LogP contribution < -0.4 is 5.73 Å². The number of carbonyl (C=O) groups excluding carboxylic acids is 1. The maximum atomic E-state index is 11.4. The van der Waals surface area contributed by atoms with Crippen molar-refractivity contribution < 1.29 is 9.53 Å². The largest absolute Gasteiger partial charge is 0.463 e. The van der Waals surface area contributed by atoms with E-state index in [9.17, 15) is 4.79 Å². The van der Waals surface area contributed by atoms with Gasteiger partial charge in [-0.1, -0.05) is 13.8 Å². The summed E-state index contributed by atoms with van der Waals surface area (Å²) in [7, 11) is 0. The fourth-order valence-corrected chi connectivity index (χ4v) is 1.19. The van der Waals surface area contributed by atoms with Crippen LogP contribution in [0.3, 0.4) is 0 Å². The summed E-state index contributed by atoms with van der Waals surface area (Å²) in [5, 5.41) is 0. The fraction of sp³-hybridized carbons (Fsp3) is 0.900. The number of nitrogens with two attached hydrogens (primary N) is 1. The van der Waals surface area contributed by atoms with Crippen molar-refractivity contribution in [1.82, 2.24) is 0 Å². The van der Waals surface area contributed by atoms with E-state index in [0.29, 0.717) is 12.5 Å². The first-order valence-electron chi connectivity index (χ1n) is 4.88. The van der Waals surface area contributed by atoms with Gasteiger partial charge in [0.1, 0.15) is 0 Å². The fourth-order valence-electron chi connectivity index (χ4n) is 1.19. The molecule has 0 bridgehead atoms. The number of ether oxygens (including phenoxy) is 1. The van der Waals surface area contributed by atoms with Gasteiger partial charge < -0.3 is 10.5 Å². The van der Waals surface area contributed by atoms with Gasteiger partial charge in [0.05, 0.1) is 12.0 Å². The van der Waals surface area contributed by atoms with Gasteiger partial charge in [-0.15, -0.1) is 0 Å². The van der Waals surface area contributed by atoms with Crippen LogP contribution in [0.25, 0.3) is 0 Å². The topological polar surface area (TPSA) is 52.3 Å². The van der Waals surface area contributed by atoms with E-state index in [2.05, 4.69) is 13.8 Å². The molecule has 0 fully saturated rings. The third-order valence-corrected chi connectivity index (χ3v) is 1.73. The third kappa shape index (κ3) is 5.64. The number of rotatable bonds is 5. The van der Waals surface area contributed by atoms with Gasteiger partial charge in [0.2, 0.25) is 0 Å². The van der Waals surface area contributed by atoms with Crippen molar-refractivity contribution in [3.8, 4) is 0 Å². The van der Waals surface area contributed by atoms with Crippen LogP contribution in [-0.2, 0) is 9.53 Å². The van der Waals surface area contributed by atoms with Crippen molar-refractivity contribution in [3.63, 3.8) is 0 Å². The number of esters is 1. The SMILES string of the molecule is CC(C)CC(CN)C(=O)OC(C)C. The van der Waals surface area contributed by atoms with Gasteiger partial charge in [0.25, 0.3) is 0 Å². The lowest BCUT2D eigenvalue weighted by Crippen LogP contribution is -2.28. The summed E-state index contributed by atoms with van der Waals surface area (Å²) >= 11 is 0. The predicted molar refractivity (Wildman–Crippen MR) is 53.2 cm³/mol. The minimum atomic E-state index is -0.161. The molecule has 13 heavy (non-hydrogen) atoms. The standard InChI is InChI=1S/C10H21NO2/c1-7(2)5-9(6-11)10(12)13-8(3)4/h7-9H,5-6,11H2,1-4H3. The molecule has 0 heterocycles. The molecule has 78 valence electrons. The zero-order valence-electron chi connectivity index (χ0n) is 9.04. The predicted octanol–water partition coefficient (Wildman–Crippen LogP) is 1.56. The molecule has 0 saturated heterocycles. The summed E-state index contributed by atoms with van der Waals surface area (Å²) in [5.74, 6) is 0.182. The normalized spacial score (nSPS) is 13.5. The van der Waals surface area contributed by atoms with E-state index < -0.39 is 0 Å². The van der Waals surface area contributed by atoms with Gasteiger partial charge in [-0.05, 0) is 26.2 Å². The Labute approximate surface area is 80.6 Å². The molecule has 0 rings (SSSR count). The van der Waals surface area contributed by atoms with Gasteiger partial charge in [-0.25, -0.2) is 0 Å². The van der Waals surface area contributed by atoms with E-state index in [-0.39, 0.29) is 18.0 Å². The number of hydrogen-bond acceptors (Lipinski definition) is 3. The van der Waals surface area contributed by atoms with Gasteiger partial charge in [-0.2, -0.15) is 0 Å². The molecule has 1 atom stereocenters. The summed E-state index contributed by atoms with van der Waals surface area (Å²) in [5.41, 5.74) is 5.50. The Morgan fingerprint density at radius 2 is 1.85 bits per heavy atom. The highest BCUT2D eigenvalue weighted by atomic mass is 16.5. The van der Waals surface area contributed by atoms with E-state index >= 15 is 0 Å². The molecule has 0 radical (unpaired) electrons. The van der Waals surface area contributed by atoms with E-state index in [1.807, 2.05) is 13.8 Å². The van der Waals surface area contributed by atoms with Crippen molar-refractivity contribution in [2.45, 2.75) is 40.2 Å². The minimum Gasteiger partial charge on any atom is -0.463 e. The summed E-state index contributed by atoms with van der Waals surface area (Å²) in [6.45, 7) is 8.22. The Hall–Kier alpha value is -0.570. The molecule has 0 aliphatic carbocycles. The second-order valence-corrected chi connectivity index (χ2v) is 4.05. The molecule has 0 amide bonds. The maximum absolute atomic E-state index is 11.4. The van der Waals surface area contributed by atoms with Crippen LogP contribution in [0.4, 0.5) is 0 Å². The molecule has 0 aromatic rings. The van der Waals surface area contributed by atoms with Crippen molar-refractivity contribution in [2.24, 2.45) is 17.6 Å². The van der Waals surface area contributed by atoms with Crippen LogP contribution in [0.2, 0.25) is 0 Å².